The van der Waals surface area contributed by atoms with Gasteiger partial charge in [-0.3, -0.25) is 13.9 Å². The van der Waals surface area contributed by atoms with Crippen molar-refractivity contribution in [3.8, 4) is 5.75 Å². The summed E-state index contributed by atoms with van der Waals surface area (Å²) in [7, 11) is -1.28. The molecular formula is C26H27ClFN3O5S. The zero-order chi connectivity index (χ0) is 27.2. The summed E-state index contributed by atoms with van der Waals surface area (Å²) in [6.45, 7) is 0.919. The van der Waals surface area contributed by atoms with Crippen molar-refractivity contribution in [1.29, 1.82) is 0 Å². The number of hydrogen-bond acceptors (Lipinski definition) is 5. The summed E-state index contributed by atoms with van der Waals surface area (Å²) in [5.41, 5.74) is 0.702. The van der Waals surface area contributed by atoms with Gasteiger partial charge in [-0.2, -0.15) is 0 Å². The van der Waals surface area contributed by atoms with E-state index in [0.717, 1.165) is 16.4 Å². The van der Waals surface area contributed by atoms with Crippen LogP contribution in [-0.2, 0) is 26.2 Å². The molecule has 1 N–H and O–H groups in total. The Kier molecular flexibility index (Phi) is 9.12. The van der Waals surface area contributed by atoms with E-state index in [2.05, 4.69) is 5.32 Å². The van der Waals surface area contributed by atoms with E-state index in [1.54, 1.807) is 49.4 Å². The third-order valence-corrected chi connectivity index (χ3v) is 7.80. The van der Waals surface area contributed by atoms with Gasteiger partial charge in [0.25, 0.3) is 10.0 Å². The molecule has 11 heteroatoms. The Morgan fingerprint density at radius 1 is 1.05 bits per heavy atom. The number of methoxy groups -OCH3 is 1. The Morgan fingerprint density at radius 3 is 2.27 bits per heavy atom. The summed E-state index contributed by atoms with van der Waals surface area (Å²) in [6, 6.07) is 16.9. The lowest BCUT2D eigenvalue weighted by atomic mass is 10.1. The lowest BCUT2D eigenvalue weighted by molar-refractivity contribution is -0.139. The number of carbonyl (C=O) groups is 2. The third-order valence-electron chi connectivity index (χ3n) is 5.73. The number of anilines is 1. The van der Waals surface area contributed by atoms with Gasteiger partial charge in [-0.05, 0) is 55.0 Å². The van der Waals surface area contributed by atoms with Crippen molar-refractivity contribution in [1.82, 2.24) is 10.2 Å². The quantitative estimate of drug-likeness (QED) is 0.416. The van der Waals surface area contributed by atoms with Gasteiger partial charge in [0.1, 0.15) is 24.2 Å². The van der Waals surface area contributed by atoms with E-state index in [4.69, 9.17) is 16.3 Å². The van der Waals surface area contributed by atoms with Crippen molar-refractivity contribution in [2.75, 3.05) is 25.0 Å². The zero-order valence-corrected chi connectivity index (χ0v) is 22.1. The van der Waals surface area contributed by atoms with Gasteiger partial charge in [0, 0.05) is 13.6 Å². The molecule has 3 aromatic carbocycles. The lowest BCUT2D eigenvalue weighted by Crippen LogP contribution is -2.50. The van der Waals surface area contributed by atoms with Crippen LogP contribution in [0.25, 0.3) is 0 Å². The minimum absolute atomic E-state index is 0.000552. The summed E-state index contributed by atoms with van der Waals surface area (Å²) < 4.78 is 47.1. The highest BCUT2D eigenvalue weighted by Gasteiger charge is 2.32. The largest absolute Gasteiger partial charge is 0.497 e. The topological polar surface area (TPSA) is 96.0 Å². The molecule has 0 heterocycles. The van der Waals surface area contributed by atoms with Gasteiger partial charge in [0.15, 0.2) is 0 Å². The van der Waals surface area contributed by atoms with E-state index in [0.29, 0.717) is 11.3 Å². The van der Waals surface area contributed by atoms with Crippen LogP contribution in [0.1, 0.15) is 12.5 Å². The molecule has 0 aliphatic rings. The van der Waals surface area contributed by atoms with Crippen molar-refractivity contribution in [2.45, 2.75) is 24.4 Å². The number of nitrogens with zero attached hydrogens (tertiary/aromatic N) is 2. The Hall–Kier alpha value is -3.63. The molecule has 0 saturated heterocycles. The number of benzene rings is 3. The molecule has 37 heavy (non-hydrogen) atoms. The molecule has 0 bridgehead atoms. The van der Waals surface area contributed by atoms with E-state index in [1.807, 2.05) is 0 Å². The standard InChI is InChI=1S/C26H27ClFN3O5S/c1-18(26(33)29-2)30(16-19-9-12-21(36-3)13-10-19)25(32)17-31(20-11-14-24(28)23(27)15-20)37(34,35)22-7-5-4-6-8-22/h4-15,18H,16-17H2,1-3H3,(H,29,33). The second kappa shape index (κ2) is 12.1. The summed E-state index contributed by atoms with van der Waals surface area (Å²) in [4.78, 5) is 27.4. The molecule has 3 aromatic rings. The summed E-state index contributed by atoms with van der Waals surface area (Å²) in [6.07, 6.45) is 0. The van der Waals surface area contributed by atoms with Gasteiger partial charge >= 0.3 is 0 Å². The molecular weight excluding hydrogens is 521 g/mol. The maximum atomic E-state index is 13.9. The predicted octanol–water partition coefficient (Wildman–Crippen LogP) is 3.85. The molecule has 0 radical (unpaired) electrons. The van der Waals surface area contributed by atoms with Gasteiger partial charge in [-0.1, -0.05) is 41.9 Å². The van der Waals surface area contributed by atoms with Crippen molar-refractivity contribution in [2.24, 2.45) is 0 Å². The van der Waals surface area contributed by atoms with Crippen LogP contribution < -0.4 is 14.4 Å². The fraction of sp³-hybridized carbons (Fsp3) is 0.231. The fourth-order valence-corrected chi connectivity index (χ4v) is 5.21. The summed E-state index contributed by atoms with van der Waals surface area (Å²) in [5.74, 6) is -1.19. The molecule has 8 nitrogen and oxygen atoms in total. The smallest absolute Gasteiger partial charge is 0.264 e. The van der Waals surface area contributed by atoms with Crippen LogP contribution >= 0.6 is 11.6 Å². The Balaban J connectivity index is 2.03. The molecule has 0 aliphatic carbocycles. The number of rotatable bonds is 10. The lowest BCUT2D eigenvalue weighted by Gasteiger charge is -2.31. The maximum absolute atomic E-state index is 13.9. The Morgan fingerprint density at radius 2 is 1.70 bits per heavy atom. The fourth-order valence-electron chi connectivity index (χ4n) is 3.61. The molecule has 196 valence electrons. The van der Waals surface area contributed by atoms with E-state index >= 15 is 0 Å². The predicted molar refractivity (Wildman–Crippen MR) is 139 cm³/mol. The highest BCUT2D eigenvalue weighted by atomic mass is 35.5. The van der Waals surface area contributed by atoms with Crippen LogP contribution in [0.15, 0.2) is 77.7 Å². The van der Waals surface area contributed by atoms with Gasteiger partial charge < -0.3 is 15.0 Å². The number of amides is 2. The van der Waals surface area contributed by atoms with Gasteiger partial charge in [0.05, 0.1) is 22.7 Å². The molecule has 2 amide bonds. The van der Waals surface area contributed by atoms with Gasteiger partial charge in [-0.15, -0.1) is 0 Å². The first-order chi connectivity index (χ1) is 17.6. The van der Waals surface area contributed by atoms with E-state index in [1.165, 1.54) is 37.3 Å². The molecule has 0 spiro atoms. The third kappa shape index (κ3) is 6.58. The number of likely N-dealkylation sites (N-methyl/N-ethyl adjacent to an activating group) is 1. The number of sulfonamides is 1. The number of ether oxygens (including phenoxy) is 1. The first-order valence-electron chi connectivity index (χ1n) is 11.2. The van der Waals surface area contributed by atoms with Crippen molar-refractivity contribution < 1.29 is 27.1 Å². The van der Waals surface area contributed by atoms with Crippen LogP contribution in [0.2, 0.25) is 5.02 Å². The number of halogens is 2. The van der Waals surface area contributed by atoms with Crippen LogP contribution in [0, 0.1) is 5.82 Å². The molecule has 0 saturated carbocycles. The monoisotopic (exact) mass is 547 g/mol. The van der Waals surface area contributed by atoms with E-state index < -0.39 is 40.2 Å². The number of nitrogens with one attached hydrogen (secondary N) is 1. The molecule has 1 unspecified atom stereocenters. The average molecular weight is 548 g/mol. The normalized spacial score (nSPS) is 11.9. The molecule has 1 atom stereocenters. The second-order valence-corrected chi connectivity index (χ2v) is 10.4. The minimum atomic E-state index is -4.26. The molecule has 3 rings (SSSR count). The average Bonchev–Trinajstić information content (AvgIpc) is 2.91. The van der Waals surface area contributed by atoms with Gasteiger partial charge in [-0.25, -0.2) is 12.8 Å². The maximum Gasteiger partial charge on any atom is 0.264 e. The first-order valence-corrected chi connectivity index (χ1v) is 13.1. The zero-order valence-electron chi connectivity index (χ0n) is 20.5. The van der Waals surface area contributed by atoms with E-state index in [-0.39, 0.29) is 22.2 Å². The number of carbonyl (C=O) groups excluding carboxylic acids is 2. The molecule has 0 aliphatic heterocycles. The molecule has 0 aromatic heterocycles. The highest BCUT2D eigenvalue weighted by Crippen LogP contribution is 2.28. The van der Waals surface area contributed by atoms with Crippen molar-refractivity contribution in [3.05, 3.63) is 89.2 Å². The second-order valence-electron chi connectivity index (χ2n) is 8.08. The Bertz CT molecular complexity index is 1350. The van der Waals surface area contributed by atoms with E-state index in [9.17, 15) is 22.4 Å². The minimum Gasteiger partial charge on any atom is -0.497 e. The van der Waals surface area contributed by atoms with Gasteiger partial charge in [0.2, 0.25) is 11.8 Å². The highest BCUT2D eigenvalue weighted by molar-refractivity contribution is 7.92. The summed E-state index contributed by atoms with van der Waals surface area (Å²) >= 11 is 5.94. The van der Waals surface area contributed by atoms with Crippen molar-refractivity contribution >= 4 is 39.1 Å². The molecule has 0 fully saturated rings. The first kappa shape index (κ1) is 27.9. The van der Waals surface area contributed by atoms with Crippen LogP contribution in [-0.4, -0.2) is 51.9 Å². The van der Waals surface area contributed by atoms with Crippen LogP contribution in [0.4, 0.5) is 10.1 Å². The van der Waals surface area contributed by atoms with Crippen LogP contribution in [0.5, 0.6) is 5.75 Å². The van der Waals surface area contributed by atoms with Crippen LogP contribution in [0.3, 0.4) is 0 Å². The summed E-state index contributed by atoms with van der Waals surface area (Å²) in [5, 5.41) is 2.22. The number of hydrogen-bond donors (Lipinski definition) is 1. The SMILES string of the molecule is CNC(=O)C(C)N(Cc1ccc(OC)cc1)C(=O)CN(c1ccc(F)c(Cl)c1)S(=O)(=O)c1ccccc1. The Labute approximate surface area is 220 Å². The van der Waals surface area contributed by atoms with Crippen molar-refractivity contribution in [3.63, 3.8) is 0 Å².